The maximum Gasteiger partial charge on any atom is 0.356 e. The highest BCUT2D eigenvalue weighted by atomic mass is 35.5. The molecule has 1 unspecified atom stereocenters. The third-order valence-electron chi connectivity index (χ3n) is 3.55. The van der Waals surface area contributed by atoms with Gasteiger partial charge >= 0.3 is 5.97 Å². The monoisotopic (exact) mass is 402 g/mol. The summed E-state index contributed by atoms with van der Waals surface area (Å²) in [6.45, 7) is 2.73. The number of alkyl halides is 1. The van der Waals surface area contributed by atoms with Crippen LogP contribution in [-0.4, -0.2) is 22.0 Å². The maximum atomic E-state index is 14.9. The Morgan fingerprint density at radius 3 is 2.54 bits per heavy atom. The van der Waals surface area contributed by atoms with Crippen molar-refractivity contribution >= 4 is 40.8 Å². The van der Waals surface area contributed by atoms with E-state index in [0.29, 0.717) is 0 Å². The average molecular weight is 403 g/mol. The fourth-order valence-electron chi connectivity index (χ4n) is 2.35. The van der Waals surface area contributed by atoms with Gasteiger partial charge in [0.25, 0.3) is 0 Å². The van der Waals surface area contributed by atoms with Crippen molar-refractivity contribution in [2.45, 2.75) is 26.4 Å². The minimum atomic E-state index is -1.64. The lowest BCUT2D eigenvalue weighted by molar-refractivity contribution is -0.114. The maximum absolute atomic E-state index is 14.9. The van der Waals surface area contributed by atoms with Crippen molar-refractivity contribution in [2.24, 2.45) is 0 Å². The van der Waals surface area contributed by atoms with Crippen LogP contribution in [0.5, 0.6) is 0 Å². The second kappa shape index (κ2) is 7.97. The molecular weight excluding hydrogens is 389 g/mol. The number of carboxylic acid groups (broad SMARTS) is 1. The summed E-state index contributed by atoms with van der Waals surface area (Å²) in [5, 5.41) is 11.2. The quantitative estimate of drug-likeness (QED) is 0.713. The summed E-state index contributed by atoms with van der Waals surface area (Å²) in [7, 11) is 0. The highest BCUT2D eigenvalue weighted by molar-refractivity contribution is 6.36. The molecule has 1 atom stereocenters. The second-order valence-corrected chi connectivity index (χ2v) is 6.19. The number of hydrogen-bond donors (Lipinski definition) is 2. The average Bonchev–Trinajstić information content (AvgIpc) is 2.56. The highest BCUT2D eigenvalue weighted by Gasteiger charge is 2.24. The molecule has 2 N–H and O–H groups in total. The fourth-order valence-corrected chi connectivity index (χ4v) is 2.84. The van der Waals surface area contributed by atoms with Crippen molar-refractivity contribution < 1.29 is 23.5 Å². The molecule has 1 aromatic heterocycles. The summed E-state index contributed by atoms with van der Waals surface area (Å²) < 4.78 is 28.9. The van der Waals surface area contributed by atoms with E-state index in [1.54, 1.807) is 0 Å². The van der Waals surface area contributed by atoms with E-state index >= 15 is 0 Å². The summed E-state index contributed by atoms with van der Waals surface area (Å²) in [4.78, 5) is 26.5. The summed E-state index contributed by atoms with van der Waals surface area (Å²) in [5.74, 6) is -2.92. The topological polar surface area (TPSA) is 79.3 Å². The van der Waals surface area contributed by atoms with Gasteiger partial charge in [0, 0.05) is 23.1 Å². The standard InChI is InChI=1S/C17H14Cl2F2N2O3/c1-3-10(20)13-9(18)5-4-8(15(13)21)11-6-12(22-7(2)24)14(19)16(23-11)17(25)26/h4-6,10H,3H2,1-2H3,(H,25,26)(H,22,23,24). The first-order valence-corrected chi connectivity index (χ1v) is 8.26. The zero-order chi connectivity index (χ0) is 19.6. The number of pyridine rings is 1. The van der Waals surface area contributed by atoms with Gasteiger partial charge in [-0.15, -0.1) is 0 Å². The number of carboxylic acids is 1. The lowest BCUT2D eigenvalue weighted by Crippen LogP contribution is -2.11. The van der Waals surface area contributed by atoms with Crippen LogP contribution in [0.2, 0.25) is 10.0 Å². The molecule has 1 aromatic carbocycles. The Hall–Kier alpha value is -2.25. The normalized spacial score (nSPS) is 11.9. The van der Waals surface area contributed by atoms with Gasteiger partial charge < -0.3 is 10.4 Å². The third kappa shape index (κ3) is 3.94. The van der Waals surface area contributed by atoms with Crippen LogP contribution in [0.1, 0.15) is 42.5 Å². The number of halogens is 4. The Labute approximate surface area is 158 Å². The first-order valence-electron chi connectivity index (χ1n) is 7.51. The summed E-state index contributed by atoms with van der Waals surface area (Å²) >= 11 is 11.8. The number of carbonyl (C=O) groups excluding carboxylic acids is 1. The van der Waals surface area contributed by atoms with E-state index in [1.807, 2.05) is 0 Å². The highest BCUT2D eigenvalue weighted by Crippen LogP contribution is 2.37. The van der Waals surface area contributed by atoms with Crippen LogP contribution in [-0.2, 0) is 4.79 Å². The van der Waals surface area contributed by atoms with Gasteiger partial charge in [0.05, 0.1) is 16.4 Å². The van der Waals surface area contributed by atoms with Crippen molar-refractivity contribution in [3.63, 3.8) is 0 Å². The Kier molecular flexibility index (Phi) is 6.15. The van der Waals surface area contributed by atoms with Gasteiger partial charge in [-0.05, 0) is 24.6 Å². The number of anilines is 1. The Bertz CT molecular complexity index is 891. The molecule has 1 amide bonds. The second-order valence-electron chi connectivity index (χ2n) is 5.40. The van der Waals surface area contributed by atoms with Crippen molar-refractivity contribution in [3.8, 4) is 11.3 Å². The minimum absolute atomic E-state index is 0.00561. The molecule has 2 aromatic rings. The number of hydrogen-bond acceptors (Lipinski definition) is 3. The fraction of sp³-hybridized carbons (Fsp3) is 0.235. The van der Waals surface area contributed by atoms with E-state index in [-0.39, 0.29) is 39.0 Å². The van der Waals surface area contributed by atoms with Gasteiger partial charge in [-0.3, -0.25) is 4.79 Å². The smallest absolute Gasteiger partial charge is 0.356 e. The number of benzene rings is 1. The van der Waals surface area contributed by atoms with Crippen LogP contribution in [0.25, 0.3) is 11.3 Å². The molecule has 9 heteroatoms. The van der Waals surface area contributed by atoms with Crippen molar-refractivity contribution in [2.75, 3.05) is 5.32 Å². The summed E-state index contributed by atoms with van der Waals surface area (Å²) in [6, 6.07) is 3.76. The van der Waals surface area contributed by atoms with Gasteiger partial charge in [-0.25, -0.2) is 18.6 Å². The molecule has 0 fully saturated rings. The van der Waals surface area contributed by atoms with Crippen LogP contribution < -0.4 is 5.32 Å². The number of rotatable bonds is 5. The number of aromatic nitrogens is 1. The van der Waals surface area contributed by atoms with Gasteiger partial charge in [0.1, 0.15) is 12.0 Å². The van der Waals surface area contributed by atoms with Crippen molar-refractivity contribution in [3.05, 3.63) is 45.3 Å². The van der Waals surface area contributed by atoms with E-state index in [2.05, 4.69) is 10.3 Å². The van der Waals surface area contributed by atoms with Gasteiger partial charge in [0.15, 0.2) is 5.69 Å². The molecule has 0 saturated heterocycles. The van der Waals surface area contributed by atoms with Crippen molar-refractivity contribution in [1.82, 2.24) is 4.98 Å². The minimum Gasteiger partial charge on any atom is -0.476 e. The number of amides is 1. The van der Waals surface area contributed by atoms with E-state index in [9.17, 15) is 23.5 Å². The molecule has 0 aliphatic carbocycles. The first kappa shape index (κ1) is 20.1. The molecule has 0 spiro atoms. The zero-order valence-electron chi connectivity index (χ0n) is 13.7. The van der Waals surface area contributed by atoms with Gasteiger partial charge in [-0.2, -0.15) is 0 Å². The Balaban J connectivity index is 2.74. The zero-order valence-corrected chi connectivity index (χ0v) is 15.3. The molecule has 0 saturated carbocycles. The summed E-state index contributed by atoms with van der Waals surface area (Å²) in [6.07, 6.45) is -1.63. The number of nitrogens with one attached hydrogen (secondary N) is 1. The van der Waals surface area contributed by atoms with Crippen LogP contribution in [0.15, 0.2) is 18.2 Å². The van der Waals surface area contributed by atoms with Crippen LogP contribution in [0.3, 0.4) is 0 Å². The number of nitrogens with zero attached hydrogens (tertiary/aromatic N) is 1. The Morgan fingerprint density at radius 1 is 1.35 bits per heavy atom. The molecule has 5 nitrogen and oxygen atoms in total. The lowest BCUT2D eigenvalue weighted by atomic mass is 10.0. The molecule has 0 aliphatic heterocycles. The third-order valence-corrected chi connectivity index (χ3v) is 4.26. The molecule has 138 valence electrons. The van der Waals surface area contributed by atoms with Crippen LogP contribution in [0, 0.1) is 5.82 Å². The van der Waals surface area contributed by atoms with Crippen molar-refractivity contribution in [1.29, 1.82) is 0 Å². The first-order chi connectivity index (χ1) is 12.2. The van der Waals surface area contributed by atoms with E-state index in [0.717, 1.165) is 0 Å². The van der Waals surface area contributed by atoms with Gasteiger partial charge in [-0.1, -0.05) is 30.1 Å². The van der Waals surface area contributed by atoms with Crippen LogP contribution >= 0.6 is 23.2 Å². The van der Waals surface area contributed by atoms with E-state index in [1.165, 1.54) is 32.0 Å². The van der Waals surface area contributed by atoms with Crippen LogP contribution in [0.4, 0.5) is 14.5 Å². The lowest BCUT2D eigenvalue weighted by Gasteiger charge is -2.15. The predicted octanol–water partition coefficient (Wildman–Crippen LogP) is 5.27. The number of aromatic carboxylic acids is 1. The number of carbonyl (C=O) groups is 2. The SMILES string of the molecule is CCC(F)c1c(Cl)ccc(-c2cc(NC(C)=O)c(Cl)c(C(=O)O)n2)c1F. The largest absolute Gasteiger partial charge is 0.476 e. The molecule has 2 rings (SSSR count). The molecule has 26 heavy (non-hydrogen) atoms. The van der Waals surface area contributed by atoms with Gasteiger partial charge in [0.2, 0.25) is 5.91 Å². The Morgan fingerprint density at radius 2 is 2.00 bits per heavy atom. The molecule has 1 heterocycles. The molecule has 0 aliphatic rings. The molecule has 0 radical (unpaired) electrons. The summed E-state index contributed by atoms with van der Waals surface area (Å²) in [5.41, 5.74) is -1.25. The predicted molar refractivity (Wildman–Crippen MR) is 95.1 cm³/mol. The van der Waals surface area contributed by atoms with E-state index < -0.39 is 29.6 Å². The molecule has 0 bridgehead atoms. The molecular formula is C17H14Cl2F2N2O3. The van der Waals surface area contributed by atoms with E-state index in [4.69, 9.17) is 23.2 Å².